The molecule has 0 saturated carbocycles. The van der Waals surface area contributed by atoms with Crippen LogP contribution >= 0.6 is 0 Å². The van der Waals surface area contributed by atoms with E-state index in [2.05, 4.69) is 22.0 Å². The fourth-order valence-electron chi connectivity index (χ4n) is 5.72. The molecule has 0 aliphatic carbocycles. The number of carbonyl (C=O) groups excluding carboxylic acids is 2. The van der Waals surface area contributed by atoms with Gasteiger partial charge in [0.2, 0.25) is 5.91 Å². The molecule has 0 radical (unpaired) electrons. The van der Waals surface area contributed by atoms with Crippen LogP contribution in [0.15, 0.2) is 41.3 Å². The van der Waals surface area contributed by atoms with Gasteiger partial charge in [-0.1, -0.05) is 12.1 Å². The Morgan fingerprint density at radius 1 is 1.30 bits per heavy atom. The summed E-state index contributed by atoms with van der Waals surface area (Å²) < 4.78 is 10.4. The van der Waals surface area contributed by atoms with Gasteiger partial charge in [-0.25, -0.2) is 4.98 Å². The maximum Gasteiger partial charge on any atom is 0.275 e. The molecular formula is C23H27N3O4. The molecule has 3 saturated heterocycles. The Hall–Kier alpha value is -2.83. The lowest BCUT2D eigenvalue weighted by Crippen LogP contribution is -2.66. The second-order valence-corrected chi connectivity index (χ2v) is 8.72. The molecule has 4 heterocycles. The van der Waals surface area contributed by atoms with E-state index in [0.29, 0.717) is 31.1 Å². The van der Waals surface area contributed by atoms with E-state index in [0.717, 1.165) is 37.0 Å². The summed E-state index contributed by atoms with van der Waals surface area (Å²) >= 11 is 0. The Kier molecular flexibility index (Phi) is 4.97. The first-order valence-electron chi connectivity index (χ1n) is 10.8. The van der Waals surface area contributed by atoms with E-state index in [-0.39, 0.29) is 29.8 Å². The number of hydrogen-bond donors (Lipinski definition) is 0. The predicted octanol–water partition coefficient (Wildman–Crippen LogP) is 2.77. The summed E-state index contributed by atoms with van der Waals surface area (Å²) in [5, 5.41) is 0. The summed E-state index contributed by atoms with van der Waals surface area (Å²) in [6, 6.07) is 8.39. The van der Waals surface area contributed by atoms with Crippen molar-refractivity contribution < 1.29 is 18.7 Å². The quantitative estimate of drug-likeness (QED) is 0.776. The average Bonchev–Trinajstić information content (AvgIpc) is 3.31. The van der Waals surface area contributed by atoms with Crippen LogP contribution in [0, 0.1) is 11.8 Å². The largest absolute Gasteiger partial charge is 0.497 e. The molecule has 1 aromatic heterocycles. The van der Waals surface area contributed by atoms with E-state index in [1.807, 2.05) is 17.0 Å². The van der Waals surface area contributed by atoms with Gasteiger partial charge in [-0.15, -0.1) is 0 Å². The number of likely N-dealkylation sites (tertiary alicyclic amines) is 1. The summed E-state index contributed by atoms with van der Waals surface area (Å²) in [5.74, 6) is 1.60. The normalized spacial score (nSPS) is 28.2. The second-order valence-electron chi connectivity index (χ2n) is 8.72. The standard InChI is InChI=1S/C23H27N3O4/c1-29-18-5-2-4-15(8-18)9-21-17-10-16(20-6-3-7-22(27)26(20)21)11-25(12-17)23(28)19-13-30-14-24-19/h2,4-5,8,13-14,16-17,20-21H,3,6-7,9-12H2,1H3/t16-,17+,20+,21+/m1/s1. The fraction of sp³-hybridized carbons (Fsp3) is 0.522. The molecule has 158 valence electrons. The van der Waals surface area contributed by atoms with E-state index < -0.39 is 0 Å². The smallest absolute Gasteiger partial charge is 0.275 e. The van der Waals surface area contributed by atoms with Crippen LogP contribution in [0.3, 0.4) is 0 Å². The minimum Gasteiger partial charge on any atom is -0.497 e. The van der Waals surface area contributed by atoms with E-state index in [4.69, 9.17) is 9.15 Å². The third-order valence-corrected chi connectivity index (χ3v) is 7.01. The minimum atomic E-state index is -0.0748. The SMILES string of the molecule is COc1cccc(C[C@H]2[C@H]3C[C@H](CN(C(=O)c4cocn4)C3)[C@@H]3CCCC(=O)N32)c1. The Labute approximate surface area is 176 Å². The van der Waals surface area contributed by atoms with Crippen molar-refractivity contribution in [2.45, 2.75) is 44.2 Å². The summed E-state index contributed by atoms with van der Waals surface area (Å²) in [5.41, 5.74) is 1.52. The van der Waals surface area contributed by atoms with Gasteiger partial charge in [0, 0.05) is 31.6 Å². The summed E-state index contributed by atoms with van der Waals surface area (Å²) in [4.78, 5) is 34.1. The number of benzene rings is 1. The first-order chi connectivity index (χ1) is 14.6. The van der Waals surface area contributed by atoms with Gasteiger partial charge in [-0.2, -0.15) is 0 Å². The molecule has 5 rings (SSSR count). The van der Waals surface area contributed by atoms with Crippen LogP contribution in [-0.2, 0) is 11.2 Å². The zero-order chi connectivity index (χ0) is 20.7. The molecule has 0 N–H and O–H groups in total. The van der Waals surface area contributed by atoms with Crippen molar-refractivity contribution in [3.8, 4) is 5.75 Å². The second kappa shape index (κ2) is 7.78. The number of carbonyl (C=O) groups is 2. The maximum atomic E-state index is 13.0. The number of hydrogen-bond acceptors (Lipinski definition) is 5. The van der Waals surface area contributed by atoms with Crippen LogP contribution < -0.4 is 4.74 Å². The van der Waals surface area contributed by atoms with Crippen molar-refractivity contribution >= 4 is 11.8 Å². The number of methoxy groups -OCH3 is 1. The lowest BCUT2D eigenvalue weighted by atomic mass is 9.70. The molecule has 3 aliphatic heterocycles. The first-order valence-corrected chi connectivity index (χ1v) is 10.8. The number of aromatic nitrogens is 1. The monoisotopic (exact) mass is 409 g/mol. The van der Waals surface area contributed by atoms with Crippen LogP contribution in [0.2, 0.25) is 0 Å². The highest BCUT2D eigenvalue weighted by Gasteiger charge is 2.50. The highest BCUT2D eigenvalue weighted by atomic mass is 16.5. The molecule has 4 atom stereocenters. The molecule has 7 heteroatoms. The zero-order valence-electron chi connectivity index (χ0n) is 17.2. The van der Waals surface area contributed by atoms with Crippen molar-refractivity contribution in [2.75, 3.05) is 20.2 Å². The zero-order valence-corrected chi connectivity index (χ0v) is 17.2. The Bertz CT molecular complexity index is 928. The van der Waals surface area contributed by atoms with Crippen molar-refractivity contribution in [3.63, 3.8) is 0 Å². The molecule has 3 fully saturated rings. The third-order valence-electron chi connectivity index (χ3n) is 7.01. The summed E-state index contributed by atoms with van der Waals surface area (Å²) in [6.07, 6.45) is 7.14. The van der Waals surface area contributed by atoms with Crippen molar-refractivity contribution in [1.29, 1.82) is 0 Å². The van der Waals surface area contributed by atoms with E-state index in [1.165, 1.54) is 12.7 Å². The molecular weight excluding hydrogens is 382 g/mol. The van der Waals surface area contributed by atoms with Crippen LogP contribution in [0.1, 0.15) is 41.7 Å². The fourth-order valence-corrected chi connectivity index (χ4v) is 5.72. The first kappa shape index (κ1) is 19.2. The van der Waals surface area contributed by atoms with Crippen molar-refractivity contribution in [3.05, 3.63) is 48.2 Å². The number of nitrogens with zero attached hydrogens (tertiary/aromatic N) is 3. The molecule has 0 spiro atoms. The van der Waals surface area contributed by atoms with Crippen LogP contribution in [-0.4, -0.2) is 58.9 Å². The molecule has 3 aliphatic rings. The number of oxazole rings is 1. The molecule has 30 heavy (non-hydrogen) atoms. The predicted molar refractivity (Wildman–Crippen MR) is 109 cm³/mol. The van der Waals surface area contributed by atoms with E-state index in [9.17, 15) is 9.59 Å². The highest BCUT2D eigenvalue weighted by molar-refractivity contribution is 5.92. The highest BCUT2D eigenvalue weighted by Crippen LogP contribution is 2.43. The van der Waals surface area contributed by atoms with Gasteiger partial charge < -0.3 is 19.0 Å². The van der Waals surface area contributed by atoms with Gasteiger partial charge >= 0.3 is 0 Å². The van der Waals surface area contributed by atoms with Gasteiger partial charge in [0.1, 0.15) is 12.0 Å². The third kappa shape index (κ3) is 3.36. The summed E-state index contributed by atoms with van der Waals surface area (Å²) in [6.45, 7) is 1.33. The van der Waals surface area contributed by atoms with Crippen molar-refractivity contribution in [1.82, 2.24) is 14.8 Å². The topological polar surface area (TPSA) is 75.9 Å². The Morgan fingerprint density at radius 2 is 2.17 bits per heavy atom. The van der Waals surface area contributed by atoms with Crippen LogP contribution in [0.4, 0.5) is 0 Å². The van der Waals surface area contributed by atoms with Crippen LogP contribution in [0.5, 0.6) is 5.75 Å². The van der Waals surface area contributed by atoms with Gasteiger partial charge in [0.25, 0.3) is 5.91 Å². The van der Waals surface area contributed by atoms with Crippen molar-refractivity contribution in [2.24, 2.45) is 11.8 Å². The van der Waals surface area contributed by atoms with Gasteiger partial charge in [0.15, 0.2) is 12.1 Å². The number of ether oxygens (including phenoxy) is 1. The number of piperidine rings is 3. The number of rotatable bonds is 4. The lowest BCUT2D eigenvalue weighted by molar-refractivity contribution is -0.151. The molecule has 1 aromatic carbocycles. The molecule has 7 nitrogen and oxygen atoms in total. The minimum absolute atomic E-state index is 0.0748. The Morgan fingerprint density at radius 3 is 2.97 bits per heavy atom. The van der Waals surface area contributed by atoms with Crippen LogP contribution in [0.25, 0.3) is 0 Å². The molecule has 2 amide bonds. The molecule has 2 bridgehead atoms. The maximum absolute atomic E-state index is 13.0. The van der Waals surface area contributed by atoms with Gasteiger partial charge in [-0.3, -0.25) is 9.59 Å². The number of fused-ring (bicyclic) bond motifs is 4. The lowest BCUT2D eigenvalue weighted by Gasteiger charge is -2.56. The average molecular weight is 409 g/mol. The van der Waals surface area contributed by atoms with Gasteiger partial charge in [-0.05, 0) is 55.2 Å². The molecule has 0 unspecified atom stereocenters. The number of amides is 2. The molecule has 2 aromatic rings. The Balaban J connectivity index is 1.44. The van der Waals surface area contributed by atoms with E-state index >= 15 is 0 Å². The van der Waals surface area contributed by atoms with E-state index in [1.54, 1.807) is 7.11 Å². The summed E-state index contributed by atoms with van der Waals surface area (Å²) in [7, 11) is 1.67. The van der Waals surface area contributed by atoms with Gasteiger partial charge in [0.05, 0.1) is 7.11 Å².